The molecule has 0 bridgehead atoms. The second-order valence-electron chi connectivity index (χ2n) is 8.26. The number of aromatic nitrogens is 3. The lowest BCUT2D eigenvalue weighted by molar-refractivity contribution is 0.179. The fraction of sp³-hybridized carbons (Fsp3) is 0.333. The average Bonchev–Trinajstić information content (AvgIpc) is 3.43. The third-order valence-corrected chi connectivity index (χ3v) is 7.90. The molecule has 3 aromatic rings. The number of rotatable bonds is 4. The minimum atomic E-state index is -0.485. The molecular formula is C21H18ClFN6OS. The van der Waals surface area contributed by atoms with Gasteiger partial charge in [0.2, 0.25) is 0 Å². The predicted octanol–water partition coefficient (Wildman–Crippen LogP) is 3.78. The summed E-state index contributed by atoms with van der Waals surface area (Å²) in [5, 5.41) is 4.23. The highest BCUT2D eigenvalue weighted by atomic mass is 35.5. The summed E-state index contributed by atoms with van der Waals surface area (Å²) in [5.41, 5.74) is 9.04. The third kappa shape index (κ3) is 2.76. The summed E-state index contributed by atoms with van der Waals surface area (Å²) in [4.78, 5) is 17.6. The number of pyridine rings is 1. The van der Waals surface area contributed by atoms with Crippen molar-refractivity contribution in [3.8, 4) is 0 Å². The highest BCUT2D eigenvalue weighted by molar-refractivity contribution is 8.15. The second-order valence-corrected chi connectivity index (χ2v) is 10.1. The number of thioether (sulfide) groups is 1. The molecule has 7 nitrogen and oxygen atoms in total. The summed E-state index contributed by atoms with van der Waals surface area (Å²) in [5.74, 6) is 0.504. The fourth-order valence-electron chi connectivity index (χ4n) is 5.03. The summed E-state index contributed by atoms with van der Waals surface area (Å²) in [6.45, 7) is 0.608. The van der Waals surface area contributed by atoms with Crippen LogP contribution in [-0.2, 0) is 16.7 Å². The molecule has 1 spiro atoms. The van der Waals surface area contributed by atoms with Crippen LogP contribution in [0.25, 0.3) is 11.0 Å². The van der Waals surface area contributed by atoms with Gasteiger partial charge < -0.3 is 15.8 Å². The zero-order valence-electron chi connectivity index (χ0n) is 16.5. The molecule has 0 saturated heterocycles. The summed E-state index contributed by atoms with van der Waals surface area (Å²) in [7, 11) is 1.70. The van der Waals surface area contributed by atoms with Crippen LogP contribution in [0.4, 0.5) is 15.9 Å². The van der Waals surface area contributed by atoms with Crippen LogP contribution >= 0.6 is 23.4 Å². The smallest absolute Gasteiger partial charge is 0.160 e. The molecule has 1 saturated carbocycles. The maximum absolute atomic E-state index is 15.0. The van der Waals surface area contributed by atoms with E-state index in [1.54, 1.807) is 24.9 Å². The number of halogens is 2. The van der Waals surface area contributed by atoms with E-state index in [0.29, 0.717) is 51.3 Å². The number of hydrogen-bond donors (Lipinski definition) is 2. The Labute approximate surface area is 186 Å². The molecule has 3 atom stereocenters. The maximum atomic E-state index is 15.0. The molecule has 3 aliphatic rings. The highest BCUT2D eigenvalue weighted by Gasteiger charge is 2.70. The zero-order chi connectivity index (χ0) is 21.4. The number of amidine groups is 1. The average molecular weight is 457 g/mol. The minimum Gasteiger partial charge on any atom is -0.383 e. The van der Waals surface area contributed by atoms with E-state index in [-0.39, 0.29) is 16.5 Å². The number of ether oxygens (including phenoxy) is 1. The van der Waals surface area contributed by atoms with Crippen LogP contribution in [0, 0.1) is 11.7 Å². The van der Waals surface area contributed by atoms with E-state index in [1.807, 2.05) is 6.07 Å². The Morgan fingerprint density at radius 1 is 1.32 bits per heavy atom. The molecule has 0 radical (unpaired) electrons. The SMILES string of the molecule is COC[C@]12C[C@H]1[C@]1(Cc3c(F)cc(Nc4ncnc5cc(Cl)cnc45)cc31)N=C(N)S2. The van der Waals surface area contributed by atoms with Gasteiger partial charge in [0.1, 0.15) is 17.7 Å². The Kier molecular flexibility index (Phi) is 4.03. The molecular weight excluding hydrogens is 439 g/mol. The van der Waals surface area contributed by atoms with Gasteiger partial charge in [-0.15, -0.1) is 0 Å². The molecule has 2 aromatic heterocycles. The first-order valence-electron chi connectivity index (χ1n) is 9.83. The van der Waals surface area contributed by atoms with E-state index in [9.17, 15) is 4.39 Å². The van der Waals surface area contributed by atoms with Crippen molar-refractivity contribution < 1.29 is 9.13 Å². The van der Waals surface area contributed by atoms with Crippen molar-refractivity contribution in [1.82, 2.24) is 15.0 Å². The van der Waals surface area contributed by atoms with Gasteiger partial charge >= 0.3 is 0 Å². The van der Waals surface area contributed by atoms with Crippen LogP contribution in [-0.4, -0.2) is 38.6 Å². The van der Waals surface area contributed by atoms with Gasteiger partial charge in [0.05, 0.1) is 27.4 Å². The van der Waals surface area contributed by atoms with Gasteiger partial charge in [0, 0.05) is 31.3 Å². The van der Waals surface area contributed by atoms with Crippen molar-refractivity contribution in [2.75, 3.05) is 19.0 Å². The number of nitrogens with zero attached hydrogens (tertiary/aromatic N) is 4. The molecule has 10 heteroatoms. The number of methoxy groups -OCH3 is 1. The largest absolute Gasteiger partial charge is 0.383 e. The van der Waals surface area contributed by atoms with Crippen molar-refractivity contribution in [3.05, 3.63) is 52.7 Å². The van der Waals surface area contributed by atoms with Gasteiger partial charge in [-0.05, 0) is 35.7 Å². The summed E-state index contributed by atoms with van der Waals surface area (Å²) >= 11 is 7.60. The van der Waals surface area contributed by atoms with E-state index in [2.05, 4.69) is 20.3 Å². The number of hydrogen-bond acceptors (Lipinski definition) is 8. The van der Waals surface area contributed by atoms with E-state index < -0.39 is 5.54 Å². The van der Waals surface area contributed by atoms with Crippen LogP contribution < -0.4 is 11.1 Å². The van der Waals surface area contributed by atoms with E-state index in [1.165, 1.54) is 18.6 Å². The summed E-state index contributed by atoms with van der Waals surface area (Å²) < 4.78 is 20.4. The van der Waals surface area contributed by atoms with Crippen molar-refractivity contribution in [3.63, 3.8) is 0 Å². The number of nitrogens with one attached hydrogen (secondary N) is 1. The Hall–Kier alpha value is -2.49. The fourth-order valence-corrected chi connectivity index (χ4v) is 6.57. The number of anilines is 2. The molecule has 0 unspecified atom stereocenters. The Morgan fingerprint density at radius 2 is 2.19 bits per heavy atom. The maximum Gasteiger partial charge on any atom is 0.160 e. The van der Waals surface area contributed by atoms with E-state index in [4.69, 9.17) is 27.1 Å². The Morgan fingerprint density at radius 3 is 3.03 bits per heavy atom. The number of nitrogens with two attached hydrogens (primary N) is 1. The second kappa shape index (κ2) is 6.51. The lowest BCUT2D eigenvalue weighted by Crippen LogP contribution is -2.47. The Balaban J connectivity index is 1.40. The molecule has 1 fully saturated rings. The molecule has 0 amide bonds. The molecule has 2 aliphatic carbocycles. The quantitative estimate of drug-likeness (QED) is 0.616. The number of benzene rings is 1. The lowest BCUT2D eigenvalue weighted by atomic mass is 9.67. The standard InChI is InChI=1S/C21H18ClFN6OS/c1-30-8-20-6-16(20)21(29-19(24)31-20)5-12-13(21)3-11(4-14(12)23)28-18-17-15(26-9-27-18)2-10(22)7-25-17/h2-4,7,9,16H,5-6,8H2,1H3,(H2,24,29)(H,26,27,28)/t16-,20-,21-/m1/s1. The third-order valence-electron chi connectivity index (χ3n) is 6.42. The van der Waals surface area contributed by atoms with E-state index >= 15 is 0 Å². The first-order chi connectivity index (χ1) is 14.9. The molecule has 158 valence electrons. The van der Waals surface area contributed by atoms with E-state index in [0.717, 1.165) is 12.0 Å². The van der Waals surface area contributed by atoms with Crippen LogP contribution in [0.1, 0.15) is 17.5 Å². The zero-order valence-corrected chi connectivity index (χ0v) is 18.1. The van der Waals surface area contributed by atoms with Crippen LogP contribution in [0.2, 0.25) is 5.02 Å². The number of fused-ring (bicyclic) bond motifs is 5. The summed E-state index contributed by atoms with van der Waals surface area (Å²) in [6.07, 6.45) is 4.47. The predicted molar refractivity (Wildman–Crippen MR) is 119 cm³/mol. The molecule has 3 N–H and O–H groups in total. The van der Waals surface area contributed by atoms with Crippen LogP contribution in [0.5, 0.6) is 0 Å². The van der Waals surface area contributed by atoms with Gasteiger partial charge in [0.25, 0.3) is 0 Å². The molecule has 31 heavy (non-hydrogen) atoms. The summed E-state index contributed by atoms with van der Waals surface area (Å²) in [6, 6.07) is 5.15. The topological polar surface area (TPSA) is 98.3 Å². The van der Waals surface area contributed by atoms with Crippen LogP contribution in [0.3, 0.4) is 0 Å². The first-order valence-corrected chi connectivity index (χ1v) is 11.0. The normalized spacial score (nSPS) is 28.0. The monoisotopic (exact) mass is 456 g/mol. The highest BCUT2D eigenvalue weighted by Crippen LogP contribution is 2.69. The van der Waals surface area contributed by atoms with Gasteiger partial charge in [0.15, 0.2) is 11.0 Å². The van der Waals surface area contributed by atoms with Crippen LogP contribution in [0.15, 0.2) is 35.7 Å². The molecule has 1 aliphatic heterocycles. The van der Waals surface area contributed by atoms with Crippen molar-refractivity contribution in [2.24, 2.45) is 16.6 Å². The lowest BCUT2D eigenvalue weighted by Gasteiger charge is -2.45. The molecule has 1 aromatic carbocycles. The Bertz CT molecular complexity index is 1290. The minimum absolute atomic E-state index is 0.0652. The van der Waals surface area contributed by atoms with Crippen molar-refractivity contribution >= 4 is 51.1 Å². The van der Waals surface area contributed by atoms with Gasteiger partial charge in [-0.25, -0.2) is 19.3 Å². The number of aliphatic imine (C=N–C) groups is 1. The molecule has 3 heterocycles. The van der Waals surface area contributed by atoms with Crippen molar-refractivity contribution in [2.45, 2.75) is 23.1 Å². The van der Waals surface area contributed by atoms with Gasteiger partial charge in [-0.1, -0.05) is 23.4 Å². The van der Waals surface area contributed by atoms with Crippen molar-refractivity contribution in [1.29, 1.82) is 0 Å². The van der Waals surface area contributed by atoms with Gasteiger partial charge in [-0.3, -0.25) is 4.99 Å². The van der Waals surface area contributed by atoms with Gasteiger partial charge in [-0.2, -0.15) is 0 Å². The molecule has 6 rings (SSSR count). The first kappa shape index (κ1) is 19.2.